The zero-order valence-electron chi connectivity index (χ0n) is 8.24. The van der Waals surface area contributed by atoms with Gasteiger partial charge in [-0.2, -0.15) is 4.68 Å². The molecular weight excluding hydrogens is 210 g/mol. The predicted molar refractivity (Wildman–Crippen MR) is 54.0 cm³/mol. The Morgan fingerprint density at radius 1 is 1.38 bits per heavy atom. The first-order valence-corrected chi connectivity index (χ1v) is 4.53. The second-order valence-corrected chi connectivity index (χ2v) is 3.06. The number of aromatic nitrogens is 4. The highest BCUT2D eigenvalue weighted by Crippen LogP contribution is 2.09. The number of nitrogens with zero attached hydrogens (tertiary/aromatic N) is 4. The van der Waals surface area contributed by atoms with Gasteiger partial charge in [0.25, 0.3) is 0 Å². The van der Waals surface area contributed by atoms with Crippen LogP contribution in [0.4, 0.5) is 0 Å². The normalized spacial score (nSPS) is 10.3. The molecule has 0 unspecified atom stereocenters. The van der Waals surface area contributed by atoms with E-state index in [9.17, 15) is 4.79 Å². The van der Waals surface area contributed by atoms with Gasteiger partial charge in [-0.1, -0.05) is 0 Å². The van der Waals surface area contributed by atoms with E-state index in [1.807, 2.05) is 0 Å². The third kappa shape index (κ3) is 1.75. The largest absolute Gasteiger partial charge is 0.478 e. The fraction of sp³-hybridized carbons (Fsp3) is 0.111. The minimum atomic E-state index is -0.970. The molecule has 0 radical (unpaired) electrons. The van der Waals surface area contributed by atoms with Crippen LogP contribution in [-0.4, -0.2) is 31.3 Å². The number of aromatic carboxylic acids is 1. The number of nitrogens with two attached hydrogens (primary N) is 1. The van der Waals surface area contributed by atoms with Gasteiger partial charge >= 0.3 is 5.97 Å². The SMILES string of the molecule is NCc1nnnn1-c1ccc(C(=O)O)cc1. The Labute approximate surface area is 90.5 Å². The summed E-state index contributed by atoms with van der Waals surface area (Å²) < 4.78 is 1.46. The van der Waals surface area contributed by atoms with E-state index in [2.05, 4.69) is 15.5 Å². The number of carboxylic acids is 1. The summed E-state index contributed by atoms with van der Waals surface area (Å²) in [6.07, 6.45) is 0. The van der Waals surface area contributed by atoms with Gasteiger partial charge in [-0.3, -0.25) is 0 Å². The fourth-order valence-corrected chi connectivity index (χ4v) is 1.28. The summed E-state index contributed by atoms with van der Waals surface area (Å²) >= 11 is 0. The van der Waals surface area contributed by atoms with Crippen LogP contribution in [0.1, 0.15) is 16.2 Å². The van der Waals surface area contributed by atoms with Crippen LogP contribution in [0.3, 0.4) is 0 Å². The molecule has 7 nitrogen and oxygen atoms in total. The standard InChI is InChI=1S/C9H9N5O2/c10-5-8-11-12-13-14(8)7-3-1-6(2-4-7)9(15)16/h1-4H,5,10H2,(H,15,16). The molecule has 16 heavy (non-hydrogen) atoms. The summed E-state index contributed by atoms with van der Waals surface area (Å²) in [4.78, 5) is 10.7. The van der Waals surface area contributed by atoms with E-state index in [-0.39, 0.29) is 12.1 Å². The molecule has 0 aliphatic rings. The topological polar surface area (TPSA) is 107 Å². The van der Waals surface area contributed by atoms with Crippen molar-refractivity contribution in [1.29, 1.82) is 0 Å². The van der Waals surface area contributed by atoms with E-state index in [0.29, 0.717) is 11.5 Å². The number of rotatable bonds is 3. The number of benzene rings is 1. The van der Waals surface area contributed by atoms with Crippen LogP contribution >= 0.6 is 0 Å². The molecule has 7 heteroatoms. The quantitative estimate of drug-likeness (QED) is 0.741. The Kier molecular flexibility index (Phi) is 2.61. The van der Waals surface area contributed by atoms with E-state index in [0.717, 1.165) is 0 Å². The summed E-state index contributed by atoms with van der Waals surface area (Å²) in [5.41, 5.74) is 6.34. The molecule has 0 aliphatic heterocycles. The van der Waals surface area contributed by atoms with E-state index < -0.39 is 5.97 Å². The van der Waals surface area contributed by atoms with Crippen molar-refractivity contribution >= 4 is 5.97 Å². The van der Waals surface area contributed by atoms with Crippen molar-refractivity contribution in [3.8, 4) is 5.69 Å². The molecule has 0 bridgehead atoms. The number of carbonyl (C=O) groups is 1. The van der Waals surface area contributed by atoms with Crippen molar-refractivity contribution < 1.29 is 9.90 Å². The summed E-state index contributed by atoms with van der Waals surface area (Å²) in [5, 5.41) is 19.7. The van der Waals surface area contributed by atoms with Crippen LogP contribution in [0.15, 0.2) is 24.3 Å². The molecule has 1 heterocycles. The molecular formula is C9H9N5O2. The zero-order chi connectivity index (χ0) is 11.5. The average molecular weight is 219 g/mol. The summed E-state index contributed by atoms with van der Waals surface area (Å²) in [5.74, 6) is -0.453. The Bertz CT molecular complexity index is 505. The maximum atomic E-state index is 10.7. The van der Waals surface area contributed by atoms with Crippen molar-refractivity contribution in [3.05, 3.63) is 35.7 Å². The first kappa shape index (κ1) is 10.2. The molecule has 0 saturated carbocycles. The number of hydrogen-bond donors (Lipinski definition) is 2. The molecule has 82 valence electrons. The lowest BCUT2D eigenvalue weighted by atomic mass is 10.2. The van der Waals surface area contributed by atoms with Gasteiger partial charge in [-0.15, -0.1) is 5.10 Å². The highest BCUT2D eigenvalue weighted by atomic mass is 16.4. The van der Waals surface area contributed by atoms with Gasteiger partial charge in [0.15, 0.2) is 5.82 Å². The lowest BCUT2D eigenvalue weighted by molar-refractivity contribution is 0.0697. The van der Waals surface area contributed by atoms with Crippen molar-refractivity contribution in [3.63, 3.8) is 0 Å². The second-order valence-electron chi connectivity index (χ2n) is 3.06. The first-order valence-electron chi connectivity index (χ1n) is 4.53. The summed E-state index contributed by atoms with van der Waals surface area (Å²) in [7, 11) is 0. The highest BCUT2D eigenvalue weighted by Gasteiger charge is 2.07. The molecule has 3 N–H and O–H groups in total. The Morgan fingerprint density at radius 3 is 2.62 bits per heavy atom. The van der Waals surface area contributed by atoms with Gasteiger partial charge < -0.3 is 10.8 Å². The van der Waals surface area contributed by atoms with Crippen LogP contribution < -0.4 is 5.73 Å². The Hall–Kier alpha value is -2.28. The Balaban J connectivity index is 2.38. The lowest BCUT2D eigenvalue weighted by Crippen LogP contribution is -2.08. The summed E-state index contributed by atoms with van der Waals surface area (Å²) in [6, 6.07) is 6.22. The minimum absolute atomic E-state index is 0.214. The van der Waals surface area contributed by atoms with Crippen molar-refractivity contribution in [2.24, 2.45) is 5.73 Å². The molecule has 2 aromatic rings. The van der Waals surface area contributed by atoms with Gasteiger partial charge in [-0.05, 0) is 34.7 Å². The highest BCUT2D eigenvalue weighted by molar-refractivity contribution is 5.87. The Morgan fingerprint density at radius 2 is 2.06 bits per heavy atom. The minimum Gasteiger partial charge on any atom is -0.478 e. The monoisotopic (exact) mass is 219 g/mol. The van der Waals surface area contributed by atoms with E-state index in [1.54, 1.807) is 12.1 Å². The summed E-state index contributed by atoms with van der Waals surface area (Å²) in [6.45, 7) is 0.216. The fourth-order valence-electron chi connectivity index (χ4n) is 1.28. The molecule has 1 aromatic heterocycles. The zero-order valence-corrected chi connectivity index (χ0v) is 8.24. The molecule has 0 amide bonds. The molecule has 0 fully saturated rings. The maximum Gasteiger partial charge on any atom is 0.335 e. The first-order chi connectivity index (χ1) is 7.72. The van der Waals surface area contributed by atoms with Crippen molar-refractivity contribution in [2.45, 2.75) is 6.54 Å². The van der Waals surface area contributed by atoms with E-state index in [4.69, 9.17) is 10.8 Å². The number of carboxylic acid groups (broad SMARTS) is 1. The van der Waals surface area contributed by atoms with Gasteiger partial charge in [0, 0.05) is 0 Å². The third-order valence-corrected chi connectivity index (χ3v) is 2.08. The molecule has 0 saturated heterocycles. The van der Waals surface area contributed by atoms with Crippen LogP contribution in [0.2, 0.25) is 0 Å². The van der Waals surface area contributed by atoms with Gasteiger partial charge in [0.05, 0.1) is 17.8 Å². The van der Waals surface area contributed by atoms with Crippen molar-refractivity contribution in [1.82, 2.24) is 20.2 Å². The second kappa shape index (κ2) is 4.07. The molecule has 0 atom stereocenters. The van der Waals surface area contributed by atoms with E-state index >= 15 is 0 Å². The van der Waals surface area contributed by atoms with Crippen LogP contribution in [0, 0.1) is 0 Å². The van der Waals surface area contributed by atoms with Crippen LogP contribution in [0.25, 0.3) is 5.69 Å². The predicted octanol–water partition coefficient (Wildman–Crippen LogP) is -0.181. The number of tetrazole rings is 1. The average Bonchev–Trinajstić information content (AvgIpc) is 2.77. The lowest BCUT2D eigenvalue weighted by Gasteiger charge is -2.02. The molecule has 2 rings (SSSR count). The molecule has 0 spiro atoms. The van der Waals surface area contributed by atoms with Gasteiger partial charge in [0.1, 0.15) is 0 Å². The van der Waals surface area contributed by atoms with Gasteiger partial charge in [-0.25, -0.2) is 4.79 Å². The third-order valence-electron chi connectivity index (χ3n) is 2.08. The molecule has 0 aliphatic carbocycles. The van der Waals surface area contributed by atoms with Gasteiger partial charge in [0.2, 0.25) is 0 Å². The van der Waals surface area contributed by atoms with Crippen LogP contribution in [-0.2, 0) is 6.54 Å². The molecule has 1 aromatic carbocycles. The smallest absolute Gasteiger partial charge is 0.335 e. The van der Waals surface area contributed by atoms with E-state index in [1.165, 1.54) is 16.8 Å². The maximum absolute atomic E-state index is 10.7. The van der Waals surface area contributed by atoms with Crippen LogP contribution in [0.5, 0.6) is 0 Å². The number of hydrogen-bond acceptors (Lipinski definition) is 5. The van der Waals surface area contributed by atoms with Crippen molar-refractivity contribution in [2.75, 3.05) is 0 Å².